The maximum absolute atomic E-state index is 5.92. The first kappa shape index (κ1) is 13.8. The lowest BCUT2D eigenvalue weighted by atomic mass is 10.2. The van der Waals surface area contributed by atoms with E-state index in [1.807, 2.05) is 18.2 Å². The third-order valence-electron chi connectivity index (χ3n) is 3.52. The number of benzene rings is 1. The molecule has 1 aromatic carbocycles. The van der Waals surface area contributed by atoms with Crippen molar-refractivity contribution in [2.45, 2.75) is 19.4 Å². The smallest absolute Gasteiger partial charge is 0.182 e. The van der Waals surface area contributed by atoms with E-state index in [0.717, 1.165) is 18.1 Å². The van der Waals surface area contributed by atoms with E-state index >= 15 is 0 Å². The Hall–Kier alpha value is -2.15. The van der Waals surface area contributed by atoms with Crippen LogP contribution in [-0.2, 0) is 11.3 Å². The van der Waals surface area contributed by atoms with Crippen LogP contribution in [0.3, 0.4) is 0 Å². The van der Waals surface area contributed by atoms with Crippen molar-refractivity contribution < 1.29 is 9.47 Å². The van der Waals surface area contributed by atoms with E-state index in [-0.39, 0.29) is 0 Å². The van der Waals surface area contributed by atoms with Crippen LogP contribution in [0, 0.1) is 5.92 Å². The molecule has 1 aromatic heterocycles. The molecule has 0 unspecified atom stereocenters. The molecule has 0 radical (unpaired) electrons. The second-order valence-electron chi connectivity index (χ2n) is 5.20. The predicted octanol–water partition coefficient (Wildman–Crippen LogP) is 1.36. The summed E-state index contributed by atoms with van der Waals surface area (Å²) in [5.74, 6) is 2.09. The number of nitrogens with two attached hydrogens (primary N) is 1. The second-order valence-corrected chi connectivity index (χ2v) is 5.20. The highest BCUT2D eigenvalue weighted by molar-refractivity contribution is 5.66. The van der Waals surface area contributed by atoms with Crippen LogP contribution in [0.5, 0.6) is 5.75 Å². The van der Waals surface area contributed by atoms with Crippen molar-refractivity contribution in [2.24, 2.45) is 5.92 Å². The highest BCUT2D eigenvalue weighted by Gasteiger charge is 2.21. The predicted molar refractivity (Wildman–Crippen MR) is 77.8 cm³/mol. The molecule has 0 aliphatic heterocycles. The fraction of sp³-hybridized carbons (Fsp3) is 0.500. The van der Waals surface area contributed by atoms with Crippen LogP contribution < -0.4 is 10.5 Å². The summed E-state index contributed by atoms with van der Waals surface area (Å²) in [7, 11) is 1.59. The standard InChI is InChI=1S/C14H19N5O2/c1-20-13-5-4-11(8-12(13)15)14-16-17-18-19(14)6-7-21-9-10-2-3-10/h4-5,8,10H,2-3,6-7,9,15H2,1H3. The summed E-state index contributed by atoms with van der Waals surface area (Å²) < 4.78 is 12.5. The molecule has 112 valence electrons. The molecule has 2 N–H and O–H groups in total. The Morgan fingerprint density at radius 2 is 2.24 bits per heavy atom. The fourth-order valence-electron chi connectivity index (χ4n) is 2.12. The molecule has 21 heavy (non-hydrogen) atoms. The third kappa shape index (κ3) is 3.30. The van der Waals surface area contributed by atoms with E-state index in [9.17, 15) is 0 Å². The number of hydrogen-bond donors (Lipinski definition) is 1. The van der Waals surface area contributed by atoms with Gasteiger partial charge in [-0.15, -0.1) is 5.10 Å². The molecule has 1 aliphatic rings. The zero-order valence-corrected chi connectivity index (χ0v) is 12.0. The number of aromatic nitrogens is 4. The topological polar surface area (TPSA) is 88.1 Å². The average molecular weight is 289 g/mol. The molecule has 0 atom stereocenters. The summed E-state index contributed by atoms with van der Waals surface area (Å²) in [5.41, 5.74) is 7.35. The van der Waals surface area contributed by atoms with Gasteiger partial charge < -0.3 is 15.2 Å². The zero-order valence-electron chi connectivity index (χ0n) is 12.0. The molecule has 1 heterocycles. The van der Waals surface area contributed by atoms with E-state index in [4.69, 9.17) is 15.2 Å². The molecule has 1 aliphatic carbocycles. The quantitative estimate of drug-likeness (QED) is 0.611. The molecular formula is C14H19N5O2. The van der Waals surface area contributed by atoms with Crippen molar-refractivity contribution in [1.29, 1.82) is 0 Å². The number of nitrogen functional groups attached to an aromatic ring is 1. The van der Waals surface area contributed by atoms with Gasteiger partial charge in [0.05, 0.1) is 25.9 Å². The average Bonchev–Trinajstić information content (AvgIpc) is 3.20. The number of rotatable bonds is 7. The molecule has 0 bridgehead atoms. The number of methoxy groups -OCH3 is 1. The zero-order chi connectivity index (χ0) is 14.7. The Bertz CT molecular complexity index is 609. The van der Waals surface area contributed by atoms with Gasteiger partial charge in [-0.25, -0.2) is 4.68 Å². The highest BCUT2D eigenvalue weighted by Crippen LogP contribution is 2.29. The van der Waals surface area contributed by atoms with E-state index < -0.39 is 0 Å². The van der Waals surface area contributed by atoms with Crippen LogP contribution >= 0.6 is 0 Å². The van der Waals surface area contributed by atoms with Gasteiger partial charge in [-0.05, 0) is 47.4 Å². The summed E-state index contributed by atoms with van der Waals surface area (Å²) in [4.78, 5) is 0. The molecule has 1 fully saturated rings. The second kappa shape index (κ2) is 6.09. The minimum Gasteiger partial charge on any atom is -0.495 e. The Kier molecular flexibility index (Phi) is 4.01. The van der Waals surface area contributed by atoms with Gasteiger partial charge in [-0.3, -0.25) is 0 Å². The lowest BCUT2D eigenvalue weighted by Gasteiger charge is -2.08. The molecule has 3 rings (SSSR count). The fourth-order valence-corrected chi connectivity index (χ4v) is 2.12. The number of ether oxygens (including phenoxy) is 2. The van der Waals surface area contributed by atoms with E-state index in [1.54, 1.807) is 11.8 Å². The summed E-state index contributed by atoms with van der Waals surface area (Å²) in [6, 6.07) is 5.52. The number of hydrogen-bond acceptors (Lipinski definition) is 6. The van der Waals surface area contributed by atoms with Gasteiger partial charge in [0.25, 0.3) is 0 Å². The van der Waals surface area contributed by atoms with Crippen LogP contribution in [0.2, 0.25) is 0 Å². The minimum atomic E-state index is 0.564. The molecule has 0 amide bonds. The Balaban J connectivity index is 1.67. The highest BCUT2D eigenvalue weighted by atomic mass is 16.5. The van der Waals surface area contributed by atoms with Crippen molar-refractivity contribution >= 4 is 5.69 Å². The van der Waals surface area contributed by atoms with Crippen LogP contribution in [0.4, 0.5) is 5.69 Å². The Labute approximate surface area is 123 Å². The summed E-state index contributed by atoms with van der Waals surface area (Å²) in [6.45, 7) is 2.08. The van der Waals surface area contributed by atoms with Crippen LogP contribution in [-0.4, -0.2) is 40.5 Å². The summed E-state index contributed by atoms with van der Waals surface area (Å²) in [6.07, 6.45) is 2.59. The number of anilines is 1. The van der Waals surface area contributed by atoms with Gasteiger partial charge >= 0.3 is 0 Å². The monoisotopic (exact) mass is 289 g/mol. The van der Waals surface area contributed by atoms with Crippen LogP contribution in [0.1, 0.15) is 12.8 Å². The third-order valence-corrected chi connectivity index (χ3v) is 3.52. The SMILES string of the molecule is COc1ccc(-c2nnnn2CCOCC2CC2)cc1N. The van der Waals surface area contributed by atoms with Crippen molar-refractivity contribution in [1.82, 2.24) is 20.2 Å². The maximum Gasteiger partial charge on any atom is 0.182 e. The maximum atomic E-state index is 5.92. The van der Waals surface area contributed by atoms with Gasteiger partial charge in [0.2, 0.25) is 0 Å². The van der Waals surface area contributed by atoms with Crippen molar-refractivity contribution in [3.05, 3.63) is 18.2 Å². The van der Waals surface area contributed by atoms with Crippen LogP contribution in [0.15, 0.2) is 18.2 Å². The summed E-state index contributed by atoms with van der Waals surface area (Å²) >= 11 is 0. The van der Waals surface area contributed by atoms with E-state index in [2.05, 4.69) is 15.5 Å². The molecule has 0 saturated heterocycles. The first-order chi connectivity index (χ1) is 10.3. The first-order valence-electron chi connectivity index (χ1n) is 7.05. The van der Waals surface area contributed by atoms with Crippen molar-refractivity contribution in [3.8, 4) is 17.1 Å². The lowest BCUT2D eigenvalue weighted by Crippen LogP contribution is -2.10. The Morgan fingerprint density at radius 1 is 1.38 bits per heavy atom. The van der Waals surface area contributed by atoms with Crippen LogP contribution in [0.25, 0.3) is 11.4 Å². The van der Waals surface area contributed by atoms with E-state index in [0.29, 0.717) is 30.4 Å². The van der Waals surface area contributed by atoms with Gasteiger partial charge in [0, 0.05) is 12.2 Å². The molecular weight excluding hydrogens is 270 g/mol. The largest absolute Gasteiger partial charge is 0.495 e. The Morgan fingerprint density at radius 3 is 2.95 bits per heavy atom. The molecule has 0 spiro atoms. The number of tetrazole rings is 1. The molecule has 7 nitrogen and oxygen atoms in total. The van der Waals surface area contributed by atoms with Gasteiger partial charge in [0.1, 0.15) is 5.75 Å². The van der Waals surface area contributed by atoms with Crippen molar-refractivity contribution in [2.75, 3.05) is 26.1 Å². The van der Waals surface area contributed by atoms with Gasteiger partial charge in [-0.2, -0.15) is 0 Å². The first-order valence-corrected chi connectivity index (χ1v) is 7.05. The normalized spacial score (nSPS) is 14.3. The minimum absolute atomic E-state index is 0.564. The summed E-state index contributed by atoms with van der Waals surface area (Å²) in [5, 5.41) is 11.8. The van der Waals surface area contributed by atoms with E-state index in [1.165, 1.54) is 12.8 Å². The van der Waals surface area contributed by atoms with Crippen molar-refractivity contribution in [3.63, 3.8) is 0 Å². The molecule has 2 aromatic rings. The van der Waals surface area contributed by atoms with Gasteiger partial charge in [0.15, 0.2) is 5.82 Å². The van der Waals surface area contributed by atoms with Gasteiger partial charge in [-0.1, -0.05) is 0 Å². The molecule has 7 heteroatoms. The molecule has 1 saturated carbocycles. The lowest BCUT2D eigenvalue weighted by molar-refractivity contribution is 0.114. The number of nitrogens with zero attached hydrogens (tertiary/aromatic N) is 4.